The van der Waals surface area contributed by atoms with E-state index in [1.165, 1.54) is 0 Å². The molecule has 0 radical (unpaired) electrons. The third kappa shape index (κ3) is 1.65. The average molecular weight is 189 g/mol. The largest absolute Gasteiger partial charge is 0.440 e. The summed E-state index contributed by atoms with van der Waals surface area (Å²) in [6.45, 7) is 6.39. The number of para-hydroxylation sites is 1. The molecule has 0 aliphatic carbocycles. The van der Waals surface area contributed by atoms with Crippen LogP contribution in [0.1, 0.15) is 25.3 Å². The maximum Gasteiger partial charge on any atom is 0.195 e. The summed E-state index contributed by atoms with van der Waals surface area (Å²) in [4.78, 5) is 4.45. The van der Waals surface area contributed by atoms with Crippen LogP contribution in [0.5, 0.6) is 0 Å². The zero-order valence-corrected chi connectivity index (χ0v) is 8.87. The van der Waals surface area contributed by atoms with Gasteiger partial charge in [0.1, 0.15) is 5.52 Å². The molecule has 0 amide bonds. The highest BCUT2D eigenvalue weighted by atomic mass is 16.3. The third-order valence-corrected chi connectivity index (χ3v) is 2.24. The molecule has 2 rings (SSSR count). The summed E-state index contributed by atoms with van der Waals surface area (Å²) in [5.41, 5.74) is 3.06. The molecule has 2 heteroatoms. The Morgan fingerprint density at radius 2 is 2.14 bits per heavy atom. The van der Waals surface area contributed by atoms with Gasteiger partial charge in [-0.05, 0) is 24.5 Å². The molecule has 0 bridgehead atoms. The van der Waals surface area contributed by atoms with E-state index in [-0.39, 0.29) is 0 Å². The second-order valence-corrected chi connectivity index (χ2v) is 4.13. The molecule has 0 spiro atoms. The molecule has 74 valence electrons. The molecular formula is C12H15NO. The van der Waals surface area contributed by atoms with Crippen molar-refractivity contribution >= 4 is 11.1 Å². The minimum absolute atomic E-state index is 0.586. The standard InChI is InChI=1S/C12H15NO/c1-8(2)7-11-13-10-6-4-5-9(3)12(10)14-11/h4-6,8H,7H2,1-3H3. The van der Waals surface area contributed by atoms with Gasteiger partial charge in [-0.15, -0.1) is 0 Å². The van der Waals surface area contributed by atoms with E-state index in [4.69, 9.17) is 4.42 Å². The van der Waals surface area contributed by atoms with Gasteiger partial charge >= 0.3 is 0 Å². The molecule has 0 N–H and O–H groups in total. The van der Waals surface area contributed by atoms with Crippen LogP contribution in [-0.2, 0) is 6.42 Å². The zero-order valence-electron chi connectivity index (χ0n) is 8.87. The van der Waals surface area contributed by atoms with Crippen LogP contribution in [0, 0.1) is 12.8 Å². The van der Waals surface area contributed by atoms with Crippen molar-refractivity contribution in [2.45, 2.75) is 27.2 Å². The van der Waals surface area contributed by atoms with E-state index in [2.05, 4.69) is 18.8 Å². The summed E-state index contributed by atoms with van der Waals surface area (Å²) in [7, 11) is 0. The van der Waals surface area contributed by atoms with E-state index in [0.717, 1.165) is 29.0 Å². The van der Waals surface area contributed by atoms with Gasteiger partial charge in [-0.2, -0.15) is 0 Å². The van der Waals surface area contributed by atoms with Crippen LogP contribution in [-0.4, -0.2) is 4.98 Å². The molecule has 2 nitrogen and oxygen atoms in total. The molecule has 14 heavy (non-hydrogen) atoms. The Kier molecular flexibility index (Phi) is 2.28. The molecule has 1 aromatic heterocycles. The van der Waals surface area contributed by atoms with Crippen molar-refractivity contribution in [1.82, 2.24) is 4.98 Å². The van der Waals surface area contributed by atoms with Gasteiger partial charge in [0.15, 0.2) is 11.5 Å². The van der Waals surface area contributed by atoms with Gasteiger partial charge in [0.2, 0.25) is 0 Å². The number of aromatic nitrogens is 1. The summed E-state index contributed by atoms with van der Waals surface area (Å²) < 4.78 is 5.70. The van der Waals surface area contributed by atoms with Crippen molar-refractivity contribution in [2.75, 3.05) is 0 Å². The van der Waals surface area contributed by atoms with E-state index in [1.54, 1.807) is 0 Å². The van der Waals surface area contributed by atoms with Crippen molar-refractivity contribution in [3.8, 4) is 0 Å². The van der Waals surface area contributed by atoms with E-state index in [1.807, 2.05) is 25.1 Å². The Hall–Kier alpha value is -1.31. The Morgan fingerprint density at radius 1 is 1.36 bits per heavy atom. The average Bonchev–Trinajstić information content (AvgIpc) is 2.47. The van der Waals surface area contributed by atoms with Crippen LogP contribution < -0.4 is 0 Å². The van der Waals surface area contributed by atoms with E-state index in [9.17, 15) is 0 Å². The second-order valence-electron chi connectivity index (χ2n) is 4.13. The Morgan fingerprint density at radius 3 is 2.79 bits per heavy atom. The predicted molar refractivity (Wildman–Crippen MR) is 57.3 cm³/mol. The number of nitrogens with zero attached hydrogens (tertiary/aromatic N) is 1. The summed E-state index contributed by atoms with van der Waals surface area (Å²) in [5, 5.41) is 0. The normalized spacial score (nSPS) is 11.4. The van der Waals surface area contributed by atoms with Gasteiger partial charge in [-0.1, -0.05) is 26.0 Å². The SMILES string of the molecule is Cc1cccc2nc(CC(C)C)oc12. The van der Waals surface area contributed by atoms with E-state index in [0.29, 0.717) is 5.92 Å². The lowest BCUT2D eigenvalue weighted by atomic mass is 10.1. The highest BCUT2D eigenvalue weighted by Gasteiger charge is 2.08. The maximum atomic E-state index is 5.70. The lowest BCUT2D eigenvalue weighted by Crippen LogP contribution is -1.93. The van der Waals surface area contributed by atoms with Gasteiger partial charge in [0.25, 0.3) is 0 Å². The lowest BCUT2D eigenvalue weighted by molar-refractivity contribution is 0.481. The minimum atomic E-state index is 0.586. The molecule has 0 aliphatic rings. The molecule has 0 unspecified atom stereocenters. The molecule has 0 saturated carbocycles. The first-order chi connectivity index (χ1) is 6.66. The van der Waals surface area contributed by atoms with Crippen molar-refractivity contribution in [3.05, 3.63) is 29.7 Å². The first kappa shape index (κ1) is 9.25. The number of fused-ring (bicyclic) bond motifs is 1. The molecule has 0 fully saturated rings. The van der Waals surface area contributed by atoms with E-state index < -0.39 is 0 Å². The summed E-state index contributed by atoms with van der Waals surface area (Å²) >= 11 is 0. The molecule has 0 saturated heterocycles. The smallest absolute Gasteiger partial charge is 0.195 e. The second kappa shape index (κ2) is 3.45. The van der Waals surface area contributed by atoms with Crippen LogP contribution in [0.2, 0.25) is 0 Å². The Bertz CT molecular complexity index is 443. The van der Waals surface area contributed by atoms with Crippen molar-refractivity contribution in [1.29, 1.82) is 0 Å². The maximum absolute atomic E-state index is 5.70. The third-order valence-electron chi connectivity index (χ3n) is 2.24. The number of hydrogen-bond donors (Lipinski definition) is 0. The highest BCUT2D eigenvalue weighted by Crippen LogP contribution is 2.20. The summed E-state index contributed by atoms with van der Waals surface area (Å²) in [6.07, 6.45) is 0.911. The quantitative estimate of drug-likeness (QED) is 0.724. The Labute approximate surface area is 84.0 Å². The molecule has 1 heterocycles. The lowest BCUT2D eigenvalue weighted by Gasteiger charge is -1.97. The molecular weight excluding hydrogens is 174 g/mol. The van der Waals surface area contributed by atoms with Gasteiger partial charge in [0.05, 0.1) is 0 Å². The van der Waals surface area contributed by atoms with Crippen LogP contribution in [0.15, 0.2) is 22.6 Å². The fourth-order valence-electron chi connectivity index (χ4n) is 1.57. The number of aryl methyl sites for hydroxylation is 1. The minimum Gasteiger partial charge on any atom is -0.440 e. The van der Waals surface area contributed by atoms with Crippen molar-refractivity contribution in [2.24, 2.45) is 5.92 Å². The molecule has 2 aromatic rings. The fourth-order valence-corrected chi connectivity index (χ4v) is 1.57. The van der Waals surface area contributed by atoms with Crippen LogP contribution in [0.25, 0.3) is 11.1 Å². The summed E-state index contributed by atoms with van der Waals surface area (Å²) in [6, 6.07) is 6.06. The number of rotatable bonds is 2. The van der Waals surface area contributed by atoms with Crippen molar-refractivity contribution in [3.63, 3.8) is 0 Å². The Balaban J connectivity index is 2.46. The fraction of sp³-hybridized carbons (Fsp3) is 0.417. The highest BCUT2D eigenvalue weighted by molar-refractivity contribution is 5.75. The monoisotopic (exact) mass is 189 g/mol. The molecule has 0 atom stereocenters. The van der Waals surface area contributed by atoms with E-state index >= 15 is 0 Å². The van der Waals surface area contributed by atoms with Crippen LogP contribution in [0.3, 0.4) is 0 Å². The first-order valence-electron chi connectivity index (χ1n) is 5.02. The molecule has 0 aliphatic heterocycles. The first-order valence-corrected chi connectivity index (χ1v) is 5.02. The van der Waals surface area contributed by atoms with Gasteiger partial charge in [0, 0.05) is 6.42 Å². The topological polar surface area (TPSA) is 26.0 Å². The van der Waals surface area contributed by atoms with Gasteiger partial charge < -0.3 is 4.42 Å². The zero-order chi connectivity index (χ0) is 10.1. The van der Waals surface area contributed by atoms with Crippen LogP contribution in [0.4, 0.5) is 0 Å². The van der Waals surface area contributed by atoms with Gasteiger partial charge in [-0.3, -0.25) is 0 Å². The number of hydrogen-bond acceptors (Lipinski definition) is 2. The van der Waals surface area contributed by atoms with Gasteiger partial charge in [-0.25, -0.2) is 4.98 Å². The number of benzene rings is 1. The van der Waals surface area contributed by atoms with Crippen molar-refractivity contribution < 1.29 is 4.42 Å². The summed E-state index contributed by atoms with van der Waals surface area (Å²) in [5.74, 6) is 1.44. The molecule has 1 aromatic carbocycles. The number of oxazole rings is 1. The predicted octanol–water partition coefficient (Wildman–Crippen LogP) is 3.33. The van der Waals surface area contributed by atoms with Crippen LogP contribution >= 0.6 is 0 Å².